The molecule has 0 saturated carbocycles. The van der Waals surface area contributed by atoms with Crippen LogP contribution >= 0.6 is 0 Å². The molecule has 4 aromatic rings. The van der Waals surface area contributed by atoms with Crippen molar-refractivity contribution in [1.82, 2.24) is 9.97 Å². The lowest BCUT2D eigenvalue weighted by molar-refractivity contribution is 1.36. The van der Waals surface area contributed by atoms with Gasteiger partial charge in [0.05, 0.1) is 11.2 Å². The molecule has 4 rings (SSSR count). The Labute approximate surface area is 117 Å². The maximum atomic E-state index is 4.85. The summed E-state index contributed by atoms with van der Waals surface area (Å²) in [5, 5.41) is 2.40. The Morgan fingerprint density at radius 3 is 2.75 bits per heavy atom. The number of H-pyrrole nitrogens is 1. The van der Waals surface area contributed by atoms with Crippen LogP contribution in [0.5, 0.6) is 0 Å². The van der Waals surface area contributed by atoms with E-state index >= 15 is 0 Å². The van der Waals surface area contributed by atoms with Crippen LogP contribution in [0.25, 0.3) is 33.1 Å². The topological polar surface area (TPSA) is 28.7 Å². The van der Waals surface area contributed by atoms with E-state index in [-0.39, 0.29) is 0 Å². The monoisotopic (exact) mass is 258 g/mol. The number of nitrogens with zero attached hydrogens (tertiary/aromatic N) is 1. The molecular formula is C18H14N2. The third-order valence-electron chi connectivity index (χ3n) is 3.79. The smallest absolute Gasteiger partial charge is 0.0738 e. The van der Waals surface area contributed by atoms with Crippen molar-refractivity contribution in [3.8, 4) is 11.3 Å². The summed E-state index contributed by atoms with van der Waals surface area (Å²) >= 11 is 0. The van der Waals surface area contributed by atoms with E-state index in [1.54, 1.807) is 0 Å². The number of aryl methyl sites for hydroxylation is 1. The quantitative estimate of drug-likeness (QED) is 0.527. The number of rotatable bonds is 1. The first-order valence-corrected chi connectivity index (χ1v) is 6.76. The normalized spacial score (nSPS) is 11.2. The van der Waals surface area contributed by atoms with Crippen LogP contribution in [-0.2, 0) is 0 Å². The Bertz CT molecular complexity index is 919. The van der Waals surface area contributed by atoms with E-state index in [1.165, 1.54) is 16.3 Å². The standard InChI is InChI=1S/C18H14N2/c1-12-5-4-6-13-9-10-17(20-18(12)13)15-11-19-16-8-3-2-7-14(15)16/h2-11,19H,1H3. The SMILES string of the molecule is Cc1cccc2ccc(-c3c[nH]c4ccccc34)nc12. The molecule has 0 aliphatic heterocycles. The van der Waals surface area contributed by atoms with E-state index in [0.717, 1.165) is 22.3 Å². The highest BCUT2D eigenvalue weighted by Gasteiger charge is 2.08. The summed E-state index contributed by atoms with van der Waals surface area (Å²) in [6.07, 6.45) is 2.04. The maximum absolute atomic E-state index is 4.85. The van der Waals surface area contributed by atoms with Crippen molar-refractivity contribution in [2.24, 2.45) is 0 Å². The third kappa shape index (κ3) is 1.62. The highest BCUT2D eigenvalue weighted by atomic mass is 14.7. The molecule has 2 heteroatoms. The van der Waals surface area contributed by atoms with Gasteiger partial charge in [0, 0.05) is 28.0 Å². The first-order chi connectivity index (χ1) is 9.83. The van der Waals surface area contributed by atoms with Crippen LogP contribution in [0, 0.1) is 6.92 Å². The molecule has 0 amide bonds. The van der Waals surface area contributed by atoms with Gasteiger partial charge in [0.15, 0.2) is 0 Å². The Morgan fingerprint density at radius 1 is 0.900 bits per heavy atom. The molecule has 0 aliphatic rings. The first kappa shape index (κ1) is 11.2. The van der Waals surface area contributed by atoms with E-state index in [9.17, 15) is 0 Å². The van der Waals surface area contributed by atoms with Crippen LogP contribution in [0.4, 0.5) is 0 Å². The molecule has 0 fully saturated rings. The molecule has 1 N–H and O–H groups in total. The van der Waals surface area contributed by atoms with Gasteiger partial charge >= 0.3 is 0 Å². The van der Waals surface area contributed by atoms with Crippen LogP contribution in [0.3, 0.4) is 0 Å². The minimum atomic E-state index is 1.02. The lowest BCUT2D eigenvalue weighted by atomic mass is 10.1. The molecule has 0 spiro atoms. The highest BCUT2D eigenvalue weighted by molar-refractivity contribution is 5.96. The van der Waals surface area contributed by atoms with Crippen LogP contribution in [0.1, 0.15) is 5.56 Å². The van der Waals surface area contributed by atoms with Gasteiger partial charge in [-0.25, -0.2) is 4.98 Å². The van der Waals surface area contributed by atoms with Gasteiger partial charge in [0.1, 0.15) is 0 Å². The van der Waals surface area contributed by atoms with Crippen molar-refractivity contribution in [2.75, 3.05) is 0 Å². The van der Waals surface area contributed by atoms with Crippen molar-refractivity contribution >= 4 is 21.8 Å². The molecule has 20 heavy (non-hydrogen) atoms. The molecule has 96 valence electrons. The van der Waals surface area contributed by atoms with Crippen molar-refractivity contribution < 1.29 is 0 Å². The van der Waals surface area contributed by atoms with Crippen LogP contribution in [-0.4, -0.2) is 9.97 Å². The summed E-state index contributed by atoms with van der Waals surface area (Å²) in [5.74, 6) is 0. The summed E-state index contributed by atoms with van der Waals surface area (Å²) in [5.41, 5.74) is 5.61. The summed E-state index contributed by atoms with van der Waals surface area (Å²) in [7, 11) is 0. The van der Waals surface area contributed by atoms with Gasteiger partial charge < -0.3 is 4.98 Å². The molecule has 2 aromatic heterocycles. The fraction of sp³-hybridized carbons (Fsp3) is 0.0556. The number of fused-ring (bicyclic) bond motifs is 2. The molecule has 0 saturated heterocycles. The van der Waals surface area contributed by atoms with Crippen LogP contribution in [0.2, 0.25) is 0 Å². The number of benzene rings is 2. The molecular weight excluding hydrogens is 244 g/mol. The fourth-order valence-corrected chi connectivity index (χ4v) is 2.73. The zero-order valence-electron chi connectivity index (χ0n) is 11.2. The summed E-state index contributed by atoms with van der Waals surface area (Å²) in [6, 6.07) is 18.8. The molecule has 0 bridgehead atoms. The second kappa shape index (κ2) is 4.20. The summed E-state index contributed by atoms with van der Waals surface area (Å²) in [6.45, 7) is 2.11. The van der Waals surface area contributed by atoms with Crippen LogP contribution < -0.4 is 0 Å². The van der Waals surface area contributed by atoms with Gasteiger partial charge in [-0.1, -0.05) is 42.5 Å². The molecule has 0 atom stereocenters. The number of pyridine rings is 1. The van der Waals surface area contributed by atoms with Gasteiger partial charge in [0.2, 0.25) is 0 Å². The van der Waals surface area contributed by atoms with E-state index in [1.807, 2.05) is 12.3 Å². The second-order valence-electron chi connectivity index (χ2n) is 5.09. The number of hydrogen-bond donors (Lipinski definition) is 1. The lowest BCUT2D eigenvalue weighted by Crippen LogP contribution is -1.87. The summed E-state index contributed by atoms with van der Waals surface area (Å²) in [4.78, 5) is 8.16. The van der Waals surface area contributed by atoms with Crippen molar-refractivity contribution in [3.63, 3.8) is 0 Å². The van der Waals surface area contributed by atoms with Gasteiger partial charge in [-0.15, -0.1) is 0 Å². The average molecular weight is 258 g/mol. The number of aromatic nitrogens is 2. The predicted molar refractivity (Wildman–Crippen MR) is 83.8 cm³/mol. The Morgan fingerprint density at radius 2 is 1.80 bits per heavy atom. The molecule has 2 heterocycles. The first-order valence-electron chi connectivity index (χ1n) is 6.76. The van der Waals surface area contributed by atoms with E-state index in [2.05, 4.69) is 60.4 Å². The maximum Gasteiger partial charge on any atom is 0.0738 e. The minimum absolute atomic E-state index is 1.02. The Kier molecular flexibility index (Phi) is 2.36. The number of aromatic amines is 1. The van der Waals surface area contributed by atoms with E-state index in [4.69, 9.17) is 4.98 Å². The summed E-state index contributed by atoms with van der Waals surface area (Å²) < 4.78 is 0. The third-order valence-corrected chi connectivity index (χ3v) is 3.79. The van der Waals surface area contributed by atoms with E-state index in [0.29, 0.717) is 0 Å². The zero-order valence-corrected chi connectivity index (χ0v) is 11.2. The number of nitrogens with one attached hydrogen (secondary N) is 1. The Balaban J connectivity index is 2.00. The molecule has 2 aromatic carbocycles. The molecule has 0 unspecified atom stereocenters. The Hall–Kier alpha value is -2.61. The van der Waals surface area contributed by atoms with Gasteiger partial charge in [-0.3, -0.25) is 0 Å². The van der Waals surface area contributed by atoms with Gasteiger partial charge in [-0.2, -0.15) is 0 Å². The van der Waals surface area contributed by atoms with Crippen molar-refractivity contribution in [1.29, 1.82) is 0 Å². The largest absolute Gasteiger partial charge is 0.360 e. The molecule has 2 nitrogen and oxygen atoms in total. The van der Waals surface area contributed by atoms with E-state index < -0.39 is 0 Å². The zero-order chi connectivity index (χ0) is 13.5. The number of hydrogen-bond acceptors (Lipinski definition) is 1. The minimum Gasteiger partial charge on any atom is -0.360 e. The molecule has 0 aliphatic carbocycles. The lowest BCUT2D eigenvalue weighted by Gasteiger charge is -2.04. The average Bonchev–Trinajstić information content (AvgIpc) is 2.91. The molecule has 0 radical (unpaired) electrons. The van der Waals surface area contributed by atoms with Crippen LogP contribution in [0.15, 0.2) is 60.8 Å². The van der Waals surface area contributed by atoms with Gasteiger partial charge in [0.25, 0.3) is 0 Å². The van der Waals surface area contributed by atoms with Crippen molar-refractivity contribution in [2.45, 2.75) is 6.92 Å². The van der Waals surface area contributed by atoms with Gasteiger partial charge in [-0.05, 0) is 24.6 Å². The number of para-hydroxylation sites is 2. The highest BCUT2D eigenvalue weighted by Crippen LogP contribution is 2.29. The second-order valence-corrected chi connectivity index (χ2v) is 5.09. The van der Waals surface area contributed by atoms with Crippen molar-refractivity contribution in [3.05, 3.63) is 66.4 Å². The fourth-order valence-electron chi connectivity index (χ4n) is 2.73. The predicted octanol–water partition coefficient (Wildman–Crippen LogP) is 4.69.